The van der Waals surface area contributed by atoms with E-state index >= 15 is 0 Å². The summed E-state index contributed by atoms with van der Waals surface area (Å²) in [6, 6.07) is 25.9. The zero-order valence-corrected chi connectivity index (χ0v) is 21.0. The molecule has 0 fully saturated rings. The third-order valence-corrected chi connectivity index (χ3v) is 8.19. The molecule has 1 aromatic heterocycles. The molecule has 0 bridgehead atoms. The van der Waals surface area contributed by atoms with Crippen molar-refractivity contribution in [2.75, 3.05) is 0 Å². The second-order valence-corrected chi connectivity index (χ2v) is 10.4. The molecule has 1 aliphatic rings. The van der Waals surface area contributed by atoms with Crippen LogP contribution in [0.5, 0.6) is 0 Å². The molecule has 1 N–H and O–H groups in total. The minimum Gasteiger partial charge on any atom is -0.351 e. The predicted molar refractivity (Wildman–Crippen MR) is 143 cm³/mol. The molecular weight excluding hydrogens is 492 g/mol. The van der Waals surface area contributed by atoms with Crippen molar-refractivity contribution >= 4 is 34.1 Å². The van der Waals surface area contributed by atoms with Crippen LogP contribution in [0.1, 0.15) is 34.4 Å². The number of H-pyrrole nitrogens is 1. The summed E-state index contributed by atoms with van der Waals surface area (Å²) in [4.78, 5) is 7.59. The van der Waals surface area contributed by atoms with E-state index in [1.807, 2.05) is 54.7 Å². The van der Waals surface area contributed by atoms with Gasteiger partial charge >= 0.3 is 0 Å². The number of sulfonamides is 1. The molecule has 0 saturated carbocycles. The van der Waals surface area contributed by atoms with E-state index in [1.165, 1.54) is 0 Å². The van der Waals surface area contributed by atoms with E-state index < -0.39 is 10.0 Å². The van der Waals surface area contributed by atoms with Gasteiger partial charge in [-0.05, 0) is 65.4 Å². The Labute approximate surface area is 217 Å². The van der Waals surface area contributed by atoms with Crippen molar-refractivity contribution in [1.29, 1.82) is 5.26 Å². The average Bonchev–Trinajstić information content (AvgIpc) is 3.35. The number of halogens is 1. The van der Waals surface area contributed by atoms with Crippen molar-refractivity contribution in [3.8, 4) is 6.07 Å². The number of imidazole rings is 1. The molecule has 0 aliphatic carbocycles. The van der Waals surface area contributed by atoms with Gasteiger partial charge in [0.2, 0.25) is 10.0 Å². The Kier molecular flexibility index (Phi) is 7.70. The van der Waals surface area contributed by atoms with Crippen molar-refractivity contribution in [3.63, 3.8) is 0 Å². The van der Waals surface area contributed by atoms with Crippen LogP contribution in [-0.4, -0.2) is 28.7 Å². The van der Waals surface area contributed by atoms with Gasteiger partial charge in [0.1, 0.15) is 0 Å². The Bertz CT molecular complexity index is 1500. The molecule has 4 aromatic rings. The molecule has 3 aromatic carbocycles. The zero-order chi connectivity index (χ0) is 24.3. The molecule has 0 radical (unpaired) electrons. The topological polar surface area (TPSA) is 89.9 Å². The van der Waals surface area contributed by atoms with Crippen LogP contribution in [0.3, 0.4) is 0 Å². The fourth-order valence-electron chi connectivity index (χ4n) is 4.61. The number of hydrogen-bond acceptors (Lipinski definition) is 4. The molecule has 0 spiro atoms. The maximum atomic E-state index is 14.0. The fourth-order valence-corrected chi connectivity index (χ4v) is 6.23. The minimum atomic E-state index is -3.80. The number of aromatic nitrogens is 2. The van der Waals surface area contributed by atoms with Gasteiger partial charge in [-0.2, -0.15) is 9.57 Å². The Morgan fingerprint density at radius 2 is 1.78 bits per heavy atom. The maximum absolute atomic E-state index is 14.0. The highest BCUT2D eigenvalue weighted by molar-refractivity contribution is 7.89. The number of nitrogens with zero attached hydrogens (tertiary/aromatic N) is 3. The summed E-state index contributed by atoms with van der Waals surface area (Å²) < 4.78 is 29.5. The molecule has 1 aliphatic heterocycles. The molecule has 8 heteroatoms. The van der Waals surface area contributed by atoms with Crippen molar-refractivity contribution in [1.82, 2.24) is 14.3 Å². The van der Waals surface area contributed by atoms with E-state index in [0.29, 0.717) is 18.4 Å². The smallest absolute Gasteiger partial charge is 0.243 e. The highest BCUT2D eigenvalue weighted by Crippen LogP contribution is 2.36. The first kappa shape index (κ1) is 25.4. The van der Waals surface area contributed by atoms with Gasteiger partial charge < -0.3 is 4.98 Å². The Morgan fingerprint density at radius 3 is 2.44 bits per heavy atom. The third-order valence-electron chi connectivity index (χ3n) is 6.27. The van der Waals surface area contributed by atoms with Gasteiger partial charge in [0, 0.05) is 18.8 Å². The van der Waals surface area contributed by atoms with Gasteiger partial charge in [-0.1, -0.05) is 54.6 Å². The SMILES string of the molecule is Cl.N#Cc1ccc2c(c1)CN(S(=O)(=O)c1ccccc1)C(Cc1ccccc1)CC2=Cc1c[nH]cn1. The second kappa shape index (κ2) is 10.9. The molecule has 1 atom stereocenters. The van der Waals surface area contributed by atoms with Gasteiger partial charge in [-0.25, -0.2) is 13.4 Å². The number of hydrogen-bond donors (Lipinski definition) is 1. The van der Waals surface area contributed by atoms with Gasteiger partial charge in [0.15, 0.2) is 0 Å². The van der Waals surface area contributed by atoms with E-state index in [1.54, 1.807) is 47.0 Å². The lowest BCUT2D eigenvalue weighted by atomic mass is 9.93. The molecule has 6 nitrogen and oxygen atoms in total. The van der Waals surface area contributed by atoms with Crippen LogP contribution in [0.2, 0.25) is 0 Å². The van der Waals surface area contributed by atoms with Crippen LogP contribution in [0.4, 0.5) is 0 Å². The van der Waals surface area contributed by atoms with Crippen molar-refractivity contribution in [3.05, 3.63) is 119 Å². The lowest BCUT2D eigenvalue weighted by molar-refractivity contribution is 0.318. The predicted octanol–water partition coefficient (Wildman–Crippen LogP) is 5.45. The number of benzene rings is 3. The highest BCUT2D eigenvalue weighted by Gasteiger charge is 2.35. The number of fused-ring (bicyclic) bond motifs is 1. The Morgan fingerprint density at radius 1 is 1.06 bits per heavy atom. The summed E-state index contributed by atoms with van der Waals surface area (Å²) in [5.41, 5.74) is 5.07. The van der Waals surface area contributed by atoms with Crippen LogP contribution in [0.25, 0.3) is 11.6 Å². The Hall–Kier alpha value is -3.70. The van der Waals surface area contributed by atoms with Gasteiger partial charge in [0.05, 0.1) is 28.5 Å². The number of nitrogens with one attached hydrogen (secondary N) is 1. The first-order valence-electron chi connectivity index (χ1n) is 11.4. The first-order chi connectivity index (χ1) is 17.0. The van der Waals surface area contributed by atoms with E-state index in [4.69, 9.17) is 0 Å². The number of rotatable bonds is 5. The summed E-state index contributed by atoms with van der Waals surface area (Å²) in [6.07, 6.45) is 6.50. The molecule has 2 heterocycles. The van der Waals surface area contributed by atoms with E-state index in [-0.39, 0.29) is 29.9 Å². The summed E-state index contributed by atoms with van der Waals surface area (Å²) in [7, 11) is -3.80. The maximum Gasteiger partial charge on any atom is 0.243 e. The summed E-state index contributed by atoms with van der Waals surface area (Å²) in [6.45, 7) is 0.178. The molecule has 1 unspecified atom stereocenters. The van der Waals surface area contributed by atoms with Crippen LogP contribution in [0.15, 0.2) is 96.3 Å². The summed E-state index contributed by atoms with van der Waals surface area (Å²) >= 11 is 0. The normalized spacial score (nSPS) is 17.0. The first-order valence-corrected chi connectivity index (χ1v) is 12.8. The second-order valence-electron chi connectivity index (χ2n) is 8.56. The van der Waals surface area contributed by atoms with Crippen LogP contribution in [-0.2, 0) is 23.0 Å². The lowest BCUT2D eigenvalue weighted by Gasteiger charge is -2.29. The van der Waals surface area contributed by atoms with E-state index in [0.717, 1.165) is 28.0 Å². The van der Waals surface area contributed by atoms with Crippen molar-refractivity contribution in [2.45, 2.75) is 30.3 Å². The van der Waals surface area contributed by atoms with E-state index in [2.05, 4.69) is 16.0 Å². The monoisotopic (exact) mass is 516 g/mol. The van der Waals surface area contributed by atoms with Crippen molar-refractivity contribution in [2.24, 2.45) is 0 Å². The van der Waals surface area contributed by atoms with Crippen LogP contribution >= 0.6 is 12.4 Å². The molecule has 182 valence electrons. The molecular formula is C28H25ClN4O2S. The number of aromatic amines is 1. The fraction of sp³-hybridized carbons (Fsp3) is 0.143. The quantitative estimate of drug-likeness (QED) is 0.382. The van der Waals surface area contributed by atoms with Gasteiger partial charge in [-0.15, -0.1) is 12.4 Å². The van der Waals surface area contributed by atoms with Crippen LogP contribution < -0.4 is 0 Å². The van der Waals surface area contributed by atoms with Crippen LogP contribution in [0, 0.1) is 11.3 Å². The van der Waals surface area contributed by atoms with Gasteiger partial charge in [-0.3, -0.25) is 0 Å². The summed E-state index contributed by atoms with van der Waals surface area (Å²) in [5, 5.41) is 9.52. The molecule has 36 heavy (non-hydrogen) atoms. The summed E-state index contributed by atoms with van der Waals surface area (Å²) in [5.74, 6) is 0. The number of nitriles is 1. The standard InChI is InChI=1S/C28H24N4O2S.ClH/c29-17-22-11-12-28-23(15-25-18-30-20-31-25)16-26(14-21-7-3-1-4-8-21)32(19-24(28)13-22)35(33,34)27-9-5-2-6-10-27;/h1-13,15,18,20,26H,14,16,19H2,(H,30,31);1H. The molecule has 0 amide bonds. The largest absolute Gasteiger partial charge is 0.351 e. The lowest BCUT2D eigenvalue weighted by Crippen LogP contribution is -2.40. The molecule has 0 saturated heterocycles. The third kappa shape index (κ3) is 5.26. The average molecular weight is 517 g/mol. The van der Waals surface area contributed by atoms with Crippen molar-refractivity contribution < 1.29 is 8.42 Å². The zero-order valence-electron chi connectivity index (χ0n) is 19.4. The van der Waals surface area contributed by atoms with E-state index in [9.17, 15) is 13.7 Å². The molecule has 5 rings (SSSR count). The van der Waals surface area contributed by atoms with Gasteiger partial charge in [0.25, 0.3) is 0 Å². The highest BCUT2D eigenvalue weighted by atomic mass is 35.5. The Balaban J connectivity index is 0.00000304. The minimum absolute atomic E-state index is 0.